The molecule has 0 spiro atoms. The lowest BCUT2D eigenvalue weighted by Crippen LogP contribution is -2.35. The molecule has 3 amide bonds. The summed E-state index contributed by atoms with van der Waals surface area (Å²) in [4.78, 5) is 26.2. The van der Waals surface area contributed by atoms with E-state index < -0.39 is 0 Å². The summed E-state index contributed by atoms with van der Waals surface area (Å²) in [7, 11) is 0. The predicted molar refractivity (Wildman–Crippen MR) is 115 cm³/mol. The fourth-order valence-electron chi connectivity index (χ4n) is 3.33. The number of anilines is 2. The molecule has 6 nitrogen and oxygen atoms in total. The van der Waals surface area contributed by atoms with E-state index in [0.29, 0.717) is 30.9 Å². The largest absolute Gasteiger partial charge is 0.494 e. The number of hydrogen-bond acceptors (Lipinski definition) is 3. The van der Waals surface area contributed by atoms with Crippen molar-refractivity contribution in [2.24, 2.45) is 0 Å². The number of nitrogens with zero attached hydrogens (tertiary/aromatic N) is 1. The molecule has 1 heterocycles. The Morgan fingerprint density at radius 3 is 2.45 bits per heavy atom. The highest BCUT2D eigenvalue weighted by atomic mass is 16.5. The molecule has 1 aliphatic heterocycles. The molecule has 0 unspecified atom stereocenters. The highest BCUT2D eigenvalue weighted by Gasteiger charge is 2.19. The third kappa shape index (κ3) is 5.73. The normalized spacial score (nSPS) is 12.8. The fraction of sp³-hybridized carbons (Fsp3) is 0.391. The molecule has 0 saturated heterocycles. The third-order valence-corrected chi connectivity index (χ3v) is 5.01. The molecule has 0 fully saturated rings. The number of amides is 3. The zero-order chi connectivity index (χ0) is 20.6. The van der Waals surface area contributed by atoms with E-state index in [0.717, 1.165) is 37.1 Å². The first-order chi connectivity index (χ1) is 14.1. The average molecular weight is 396 g/mol. The molecule has 2 aromatic carbocycles. The SMILES string of the molecule is CCCCOc1ccc(NC(=O)Nc2ccc3c(c2)CN(C(=O)CC)CC3)cc1. The molecule has 154 valence electrons. The van der Waals surface area contributed by atoms with Crippen molar-refractivity contribution in [1.29, 1.82) is 0 Å². The van der Waals surface area contributed by atoms with Crippen LogP contribution in [-0.4, -0.2) is 30.0 Å². The van der Waals surface area contributed by atoms with E-state index in [1.807, 2.05) is 54.3 Å². The maximum atomic E-state index is 12.3. The average Bonchev–Trinajstić information content (AvgIpc) is 2.74. The van der Waals surface area contributed by atoms with Crippen LogP contribution in [0.4, 0.5) is 16.2 Å². The maximum Gasteiger partial charge on any atom is 0.323 e. The summed E-state index contributed by atoms with van der Waals surface area (Å²) in [6, 6.07) is 12.9. The van der Waals surface area contributed by atoms with Gasteiger partial charge in [-0.1, -0.05) is 26.3 Å². The van der Waals surface area contributed by atoms with Gasteiger partial charge in [0.25, 0.3) is 0 Å². The Hall–Kier alpha value is -3.02. The van der Waals surface area contributed by atoms with Crippen LogP contribution in [0.2, 0.25) is 0 Å². The van der Waals surface area contributed by atoms with Crippen LogP contribution < -0.4 is 15.4 Å². The minimum absolute atomic E-state index is 0.161. The Bertz CT molecular complexity index is 849. The van der Waals surface area contributed by atoms with Gasteiger partial charge in [-0.2, -0.15) is 0 Å². The van der Waals surface area contributed by atoms with Gasteiger partial charge in [0, 0.05) is 30.9 Å². The number of unbranched alkanes of at least 4 members (excludes halogenated alkanes) is 1. The number of nitrogens with one attached hydrogen (secondary N) is 2. The van der Waals surface area contributed by atoms with E-state index in [-0.39, 0.29) is 11.9 Å². The summed E-state index contributed by atoms with van der Waals surface area (Å²) < 4.78 is 5.63. The molecule has 2 aromatic rings. The van der Waals surface area contributed by atoms with E-state index in [9.17, 15) is 9.59 Å². The summed E-state index contributed by atoms with van der Waals surface area (Å²) >= 11 is 0. The van der Waals surface area contributed by atoms with E-state index in [1.54, 1.807) is 0 Å². The molecule has 29 heavy (non-hydrogen) atoms. The lowest BCUT2D eigenvalue weighted by Gasteiger charge is -2.29. The van der Waals surface area contributed by atoms with E-state index in [2.05, 4.69) is 17.6 Å². The fourth-order valence-corrected chi connectivity index (χ4v) is 3.33. The summed E-state index contributed by atoms with van der Waals surface area (Å²) in [6.07, 6.45) is 3.47. The van der Waals surface area contributed by atoms with Crippen molar-refractivity contribution in [2.75, 3.05) is 23.8 Å². The van der Waals surface area contributed by atoms with Crippen molar-refractivity contribution in [1.82, 2.24) is 4.90 Å². The number of urea groups is 1. The van der Waals surface area contributed by atoms with Crippen LogP contribution in [0, 0.1) is 0 Å². The van der Waals surface area contributed by atoms with Gasteiger partial charge >= 0.3 is 6.03 Å². The molecule has 1 aliphatic rings. The Morgan fingerprint density at radius 1 is 1.00 bits per heavy atom. The number of hydrogen-bond donors (Lipinski definition) is 2. The summed E-state index contributed by atoms with van der Waals surface area (Å²) in [5.41, 5.74) is 3.73. The number of fused-ring (bicyclic) bond motifs is 1. The molecule has 2 N–H and O–H groups in total. The molecule has 0 saturated carbocycles. The standard InChI is InChI=1S/C23H29N3O3/c1-3-5-14-29-21-10-8-19(9-11-21)24-23(28)25-20-7-6-17-12-13-26(22(27)4-2)16-18(17)15-20/h6-11,15H,3-5,12-14,16H2,1-2H3,(H2,24,25,28). The molecular weight excluding hydrogens is 366 g/mol. The van der Waals surface area contributed by atoms with Crippen LogP contribution in [0.25, 0.3) is 0 Å². The minimum atomic E-state index is -0.304. The van der Waals surface area contributed by atoms with Crippen LogP contribution >= 0.6 is 0 Å². The van der Waals surface area contributed by atoms with Gasteiger partial charge < -0.3 is 20.3 Å². The van der Waals surface area contributed by atoms with Gasteiger partial charge in [-0.05, 0) is 60.4 Å². The highest BCUT2D eigenvalue weighted by Crippen LogP contribution is 2.23. The topological polar surface area (TPSA) is 70.7 Å². The number of carbonyl (C=O) groups excluding carboxylic acids is 2. The lowest BCUT2D eigenvalue weighted by atomic mass is 9.99. The number of ether oxygens (including phenoxy) is 1. The molecular formula is C23H29N3O3. The molecule has 0 aliphatic carbocycles. The molecule has 0 aromatic heterocycles. The predicted octanol–water partition coefficient (Wildman–Crippen LogP) is 4.80. The second-order valence-electron chi connectivity index (χ2n) is 7.21. The lowest BCUT2D eigenvalue weighted by molar-refractivity contribution is -0.131. The van der Waals surface area contributed by atoms with Gasteiger partial charge in [0.05, 0.1) is 6.61 Å². The highest BCUT2D eigenvalue weighted by molar-refractivity contribution is 5.99. The number of rotatable bonds is 7. The number of carbonyl (C=O) groups is 2. The Labute approximate surface area is 172 Å². The van der Waals surface area contributed by atoms with Crippen LogP contribution in [0.1, 0.15) is 44.2 Å². The van der Waals surface area contributed by atoms with Gasteiger partial charge in [-0.15, -0.1) is 0 Å². The molecule has 0 radical (unpaired) electrons. The molecule has 3 rings (SSSR count). The smallest absolute Gasteiger partial charge is 0.323 e. The first-order valence-corrected chi connectivity index (χ1v) is 10.3. The number of benzene rings is 2. The second-order valence-corrected chi connectivity index (χ2v) is 7.21. The van der Waals surface area contributed by atoms with Gasteiger partial charge in [0.1, 0.15) is 5.75 Å². The minimum Gasteiger partial charge on any atom is -0.494 e. The molecule has 0 atom stereocenters. The summed E-state index contributed by atoms with van der Waals surface area (Å²) in [5, 5.41) is 5.70. The molecule has 6 heteroatoms. The van der Waals surface area contributed by atoms with Crippen LogP contribution in [0.3, 0.4) is 0 Å². The van der Waals surface area contributed by atoms with Gasteiger partial charge in [-0.25, -0.2) is 4.79 Å². The Morgan fingerprint density at radius 2 is 1.72 bits per heavy atom. The molecule has 0 bridgehead atoms. The van der Waals surface area contributed by atoms with Crippen molar-refractivity contribution in [2.45, 2.75) is 46.1 Å². The Balaban J connectivity index is 1.56. The van der Waals surface area contributed by atoms with Gasteiger partial charge in [0.15, 0.2) is 0 Å². The Kier molecular flexibility index (Phi) is 7.11. The van der Waals surface area contributed by atoms with Gasteiger partial charge in [0.2, 0.25) is 5.91 Å². The maximum absolute atomic E-state index is 12.3. The van der Waals surface area contributed by atoms with Crippen LogP contribution in [0.15, 0.2) is 42.5 Å². The van der Waals surface area contributed by atoms with Crippen LogP contribution in [-0.2, 0) is 17.8 Å². The van der Waals surface area contributed by atoms with Crippen molar-refractivity contribution < 1.29 is 14.3 Å². The summed E-state index contributed by atoms with van der Waals surface area (Å²) in [6.45, 7) is 6.05. The quantitative estimate of drug-likeness (QED) is 0.661. The third-order valence-electron chi connectivity index (χ3n) is 5.01. The van der Waals surface area contributed by atoms with Crippen molar-refractivity contribution in [3.63, 3.8) is 0 Å². The summed E-state index contributed by atoms with van der Waals surface area (Å²) in [5.74, 6) is 0.958. The van der Waals surface area contributed by atoms with E-state index in [4.69, 9.17) is 4.74 Å². The van der Waals surface area contributed by atoms with Crippen molar-refractivity contribution >= 4 is 23.3 Å². The zero-order valence-electron chi connectivity index (χ0n) is 17.2. The van der Waals surface area contributed by atoms with Gasteiger partial charge in [-0.3, -0.25) is 4.79 Å². The first-order valence-electron chi connectivity index (χ1n) is 10.3. The van der Waals surface area contributed by atoms with E-state index >= 15 is 0 Å². The monoisotopic (exact) mass is 395 g/mol. The van der Waals surface area contributed by atoms with E-state index in [1.165, 1.54) is 5.56 Å². The zero-order valence-corrected chi connectivity index (χ0v) is 17.2. The first kappa shape index (κ1) is 20.7. The second kappa shape index (κ2) is 9.96. The van der Waals surface area contributed by atoms with Crippen molar-refractivity contribution in [3.05, 3.63) is 53.6 Å². The van der Waals surface area contributed by atoms with Crippen molar-refractivity contribution in [3.8, 4) is 5.75 Å². The van der Waals surface area contributed by atoms with Crippen LogP contribution in [0.5, 0.6) is 5.75 Å².